The smallest absolute Gasteiger partial charge is 0.263 e. The topological polar surface area (TPSA) is 43.4 Å². The number of benzene rings is 1. The maximum atomic E-state index is 12.6. The molecule has 5 rings (SSSR count). The summed E-state index contributed by atoms with van der Waals surface area (Å²) in [5.74, 6) is 2.75. The van der Waals surface area contributed by atoms with Crippen LogP contribution in [0.2, 0.25) is 0 Å². The van der Waals surface area contributed by atoms with Gasteiger partial charge in [0, 0.05) is 0 Å². The molecule has 4 aliphatic rings. The Labute approximate surface area is 133 Å². The molecule has 4 bridgehead atoms. The summed E-state index contributed by atoms with van der Waals surface area (Å²) >= 11 is 0. The molecule has 22 heavy (non-hydrogen) atoms. The average Bonchev–Trinajstić information content (AvgIpc) is 2.63. The second-order valence-corrected chi connectivity index (χ2v) is 9.25. The maximum Gasteiger partial charge on any atom is 0.297 e. The standard InChI is InChI=1S/C18H24O3S/c1-12-2-4-17(5-3-12)22(19,20)21-18-11-15-7-13-6-14(8-15)10-16(18)9-13/h2-5,13-16,18H,6-11H2,1H3/t13-,14+,15?,16?,18?/i18+1. The van der Waals surface area contributed by atoms with Gasteiger partial charge in [-0.3, -0.25) is 4.18 Å². The minimum absolute atomic E-state index is 0.105. The van der Waals surface area contributed by atoms with Crippen molar-refractivity contribution in [2.45, 2.75) is 56.4 Å². The third-order valence-corrected chi connectivity index (χ3v) is 7.27. The van der Waals surface area contributed by atoms with Crippen molar-refractivity contribution in [1.82, 2.24) is 0 Å². The van der Waals surface area contributed by atoms with Gasteiger partial charge < -0.3 is 0 Å². The minimum atomic E-state index is -3.63. The van der Waals surface area contributed by atoms with Crippen molar-refractivity contribution in [1.29, 1.82) is 0 Å². The van der Waals surface area contributed by atoms with Gasteiger partial charge in [0.2, 0.25) is 0 Å². The highest BCUT2D eigenvalue weighted by Crippen LogP contribution is 2.52. The highest BCUT2D eigenvalue weighted by molar-refractivity contribution is 7.86. The zero-order valence-corrected chi connectivity index (χ0v) is 13.9. The average molecular weight is 321 g/mol. The van der Waals surface area contributed by atoms with E-state index in [9.17, 15) is 8.42 Å². The number of fused-ring (bicyclic) bond motifs is 1. The molecule has 5 atom stereocenters. The molecule has 4 saturated carbocycles. The predicted molar refractivity (Wildman–Crippen MR) is 84.9 cm³/mol. The number of aryl methyl sites for hydroxylation is 1. The first-order valence-electron chi connectivity index (χ1n) is 8.49. The SMILES string of the molecule is Cc1ccc(S(=O)(=O)O[13CH]2CC3C[C@@H]4CC2C[C@H](C3)C4)cc1. The fraction of sp³-hybridized carbons (Fsp3) is 0.667. The van der Waals surface area contributed by atoms with E-state index in [1.165, 1.54) is 32.1 Å². The molecule has 0 radical (unpaired) electrons. The van der Waals surface area contributed by atoms with Crippen molar-refractivity contribution in [3.63, 3.8) is 0 Å². The Bertz CT molecular complexity index is 635. The summed E-state index contributed by atoms with van der Waals surface area (Å²) in [7, 11) is -3.63. The Balaban J connectivity index is 1.56. The van der Waals surface area contributed by atoms with Crippen molar-refractivity contribution in [3.8, 4) is 0 Å². The van der Waals surface area contributed by atoms with Crippen LogP contribution < -0.4 is 0 Å². The molecule has 1 aromatic carbocycles. The van der Waals surface area contributed by atoms with Crippen LogP contribution in [0.1, 0.15) is 44.1 Å². The summed E-state index contributed by atoms with van der Waals surface area (Å²) in [6.45, 7) is 1.96. The van der Waals surface area contributed by atoms with E-state index in [4.69, 9.17) is 4.18 Å². The van der Waals surface area contributed by atoms with Gasteiger partial charge in [-0.1, -0.05) is 17.7 Å². The fourth-order valence-corrected chi connectivity index (χ4v) is 6.24. The number of rotatable bonds is 3. The lowest BCUT2D eigenvalue weighted by Gasteiger charge is -2.38. The van der Waals surface area contributed by atoms with Crippen LogP contribution in [0.15, 0.2) is 29.2 Å². The Hall–Kier alpha value is -0.870. The molecule has 0 amide bonds. The van der Waals surface area contributed by atoms with Gasteiger partial charge in [0.05, 0.1) is 11.0 Å². The van der Waals surface area contributed by atoms with Gasteiger partial charge >= 0.3 is 0 Å². The fourth-order valence-electron chi connectivity index (χ4n) is 5.10. The van der Waals surface area contributed by atoms with E-state index in [0.29, 0.717) is 16.7 Å². The first-order chi connectivity index (χ1) is 10.5. The highest BCUT2D eigenvalue weighted by Gasteiger charge is 2.45. The molecule has 0 N–H and O–H groups in total. The van der Waals surface area contributed by atoms with E-state index in [1.807, 2.05) is 19.1 Å². The van der Waals surface area contributed by atoms with Crippen LogP contribution >= 0.6 is 0 Å². The molecule has 3 unspecified atom stereocenters. The van der Waals surface area contributed by atoms with E-state index in [-0.39, 0.29) is 6.10 Å². The molecule has 4 aliphatic carbocycles. The van der Waals surface area contributed by atoms with Crippen LogP contribution in [-0.2, 0) is 14.3 Å². The van der Waals surface area contributed by atoms with Crippen molar-refractivity contribution < 1.29 is 12.6 Å². The lowest BCUT2D eigenvalue weighted by Crippen LogP contribution is -2.31. The Kier molecular flexibility index (Phi) is 3.57. The Morgan fingerprint density at radius 2 is 1.41 bits per heavy atom. The van der Waals surface area contributed by atoms with Gasteiger partial charge in [-0.15, -0.1) is 0 Å². The molecule has 1 aromatic rings. The van der Waals surface area contributed by atoms with Crippen molar-refractivity contribution in [2.75, 3.05) is 0 Å². The minimum Gasteiger partial charge on any atom is -0.263 e. The second-order valence-electron chi connectivity index (χ2n) is 7.67. The van der Waals surface area contributed by atoms with Gasteiger partial charge in [-0.2, -0.15) is 8.42 Å². The van der Waals surface area contributed by atoms with Gasteiger partial charge in [-0.25, -0.2) is 0 Å². The summed E-state index contributed by atoms with van der Waals surface area (Å²) in [6.07, 6.45) is 7.11. The Morgan fingerprint density at radius 1 is 0.864 bits per heavy atom. The van der Waals surface area contributed by atoms with E-state index in [0.717, 1.165) is 23.8 Å². The summed E-state index contributed by atoms with van der Waals surface area (Å²) < 4.78 is 30.9. The summed E-state index contributed by atoms with van der Waals surface area (Å²) in [6, 6.07) is 6.98. The predicted octanol–water partition coefficient (Wildman–Crippen LogP) is 3.92. The van der Waals surface area contributed by atoms with Gasteiger partial charge in [0.1, 0.15) is 0 Å². The largest absolute Gasteiger partial charge is 0.297 e. The normalized spacial score (nSPS) is 37.2. The quantitative estimate of drug-likeness (QED) is 0.626. The van der Waals surface area contributed by atoms with Crippen molar-refractivity contribution in [2.24, 2.45) is 23.7 Å². The van der Waals surface area contributed by atoms with E-state index < -0.39 is 10.1 Å². The molecular weight excluding hydrogens is 297 g/mol. The molecular formula is C18H24O3S. The van der Waals surface area contributed by atoms with Crippen LogP contribution in [0.5, 0.6) is 0 Å². The molecule has 0 aliphatic heterocycles. The Morgan fingerprint density at radius 3 is 2.00 bits per heavy atom. The van der Waals surface area contributed by atoms with Crippen LogP contribution in [0.25, 0.3) is 0 Å². The first-order valence-corrected chi connectivity index (χ1v) is 9.90. The van der Waals surface area contributed by atoms with Crippen LogP contribution in [0.3, 0.4) is 0 Å². The zero-order chi connectivity index (χ0) is 15.3. The molecule has 120 valence electrons. The molecule has 0 aromatic heterocycles. The van der Waals surface area contributed by atoms with E-state index >= 15 is 0 Å². The molecule has 0 heterocycles. The van der Waals surface area contributed by atoms with Crippen LogP contribution in [-0.4, -0.2) is 14.5 Å². The summed E-state index contributed by atoms with van der Waals surface area (Å²) in [5.41, 5.74) is 1.06. The number of hydrogen-bond donors (Lipinski definition) is 0. The lowest BCUT2D eigenvalue weighted by atomic mass is 9.68. The molecule has 4 heteroatoms. The van der Waals surface area contributed by atoms with Crippen molar-refractivity contribution >= 4 is 10.1 Å². The third-order valence-electron chi connectivity index (χ3n) is 5.92. The monoisotopic (exact) mass is 321 g/mol. The molecule has 4 fully saturated rings. The lowest BCUT2D eigenvalue weighted by molar-refractivity contribution is 0.0890. The molecule has 3 nitrogen and oxygen atoms in total. The van der Waals surface area contributed by atoms with Crippen LogP contribution in [0, 0.1) is 30.6 Å². The maximum absolute atomic E-state index is 12.6. The summed E-state index contributed by atoms with van der Waals surface area (Å²) in [4.78, 5) is 0.294. The second kappa shape index (κ2) is 5.34. The highest BCUT2D eigenvalue weighted by atomic mass is 32.2. The van der Waals surface area contributed by atoms with Gasteiger partial charge in [0.25, 0.3) is 10.1 Å². The first kappa shape index (κ1) is 14.7. The van der Waals surface area contributed by atoms with Crippen LogP contribution in [0.4, 0.5) is 0 Å². The van der Waals surface area contributed by atoms with Gasteiger partial charge in [0.15, 0.2) is 0 Å². The van der Waals surface area contributed by atoms with E-state index in [2.05, 4.69) is 0 Å². The zero-order valence-electron chi connectivity index (χ0n) is 13.1. The summed E-state index contributed by atoms with van der Waals surface area (Å²) in [5, 5.41) is 0. The molecule has 0 spiro atoms. The third kappa shape index (κ3) is 2.71. The van der Waals surface area contributed by atoms with Gasteiger partial charge in [-0.05, 0) is 81.3 Å². The number of hydrogen-bond acceptors (Lipinski definition) is 3. The van der Waals surface area contributed by atoms with Crippen molar-refractivity contribution in [3.05, 3.63) is 29.8 Å². The van der Waals surface area contributed by atoms with E-state index in [1.54, 1.807) is 12.1 Å². The molecule has 0 saturated heterocycles.